The molecule has 0 unspecified atom stereocenters. The highest BCUT2D eigenvalue weighted by Crippen LogP contribution is 2.19. The molecule has 0 spiro atoms. The van der Waals surface area contributed by atoms with Crippen LogP contribution in [-0.4, -0.2) is 29.4 Å². The zero-order chi connectivity index (χ0) is 9.14. The Morgan fingerprint density at radius 1 is 1.83 bits per heavy atom. The molecule has 66 valence electrons. The molecule has 5 heteroatoms. The van der Waals surface area contributed by atoms with Gasteiger partial charge in [-0.2, -0.15) is 0 Å². The number of nitrogens with zero attached hydrogens (tertiary/aromatic N) is 2. The van der Waals surface area contributed by atoms with Crippen molar-refractivity contribution in [2.75, 3.05) is 13.6 Å². The molecule has 0 aliphatic carbocycles. The van der Waals surface area contributed by atoms with Gasteiger partial charge in [-0.15, -0.1) is 11.3 Å². The van der Waals surface area contributed by atoms with Gasteiger partial charge in [0.1, 0.15) is 0 Å². The van der Waals surface area contributed by atoms with Gasteiger partial charge in [-0.3, -0.25) is 4.79 Å². The first-order valence-electron chi connectivity index (χ1n) is 3.52. The zero-order valence-electron chi connectivity index (χ0n) is 6.87. The van der Waals surface area contributed by atoms with Crippen molar-refractivity contribution in [3.8, 4) is 0 Å². The number of thiazole rings is 1. The second-order valence-electron chi connectivity index (χ2n) is 2.29. The molecule has 0 radical (unpaired) electrons. The summed E-state index contributed by atoms with van der Waals surface area (Å²) in [5, 5.41) is 0.534. The number of carbonyl (C=O) groups is 1. The van der Waals surface area contributed by atoms with E-state index in [1.807, 2.05) is 6.92 Å². The van der Waals surface area contributed by atoms with E-state index in [0.29, 0.717) is 11.6 Å². The van der Waals surface area contributed by atoms with Gasteiger partial charge in [0.25, 0.3) is 5.91 Å². The van der Waals surface area contributed by atoms with Crippen molar-refractivity contribution >= 4 is 33.2 Å². The topological polar surface area (TPSA) is 33.2 Å². The summed E-state index contributed by atoms with van der Waals surface area (Å²) in [5.41, 5.74) is 0. The summed E-state index contributed by atoms with van der Waals surface area (Å²) >= 11 is 4.61. The van der Waals surface area contributed by atoms with Crippen LogP contribution in [0.3, 0.4) is 0 Å². The van der Waals surface area contributed by atoms with Crippen molar-refractivity contribution in [1.29, 1.82) is 0 Å². The Morgan fingerprint density at radius 2 is 2.50 bits per heavy atom. The minimum absolute atomic E-state index is 0.0202. The maximum absolute atomic E-state index is 11.4. The smallest absolute Gasteiger partial charge is 0.282 e. The summed E-state index contributed by atoms with van der Waals surface area (Å²) < 4.78 is 0.885. The molecule has 0 aromatic carbocycles. The fourth-order valence-electron chi connectivity index (χ4n) is 0.660. The average Bonchev–Trinajstić information content (AvgIpc) is 2.49. The van der Waals surface area contributed by atoms with Crippen LogP contribution in [0.1, 0.15) is 16.7 Å². The summed E-state index contributed by atoms with van der Waals surface area (Å²) in [6.07, 6.45) is 1.64. The van der Waals surface area contributed by atoms with Gasteiger partial charge in [0.15, 0.2) is 5.01 Å². The molecule has 1 amide bonds. The second kappa shape index (κ2) is 4.00. The second-order valence-corrected chi connectivity index (χ2v) is 4.70. The molecule has 0 saturated carbocycles. The van der Waals surface area contributed by atoms with E-state index in [9.17, 15) is 4.79 Å². The van der Waals surface area contributed by atoms with Gasteiger partial charge in [0.05, 0.1) is 9.98 Å². The third-order valence-electron chi connectivity index (χ3n) is 1.48. The van der Waals surface area contributed by atoms with Crippen molar-refractivity contribution in [1.82, 2.24) is 9.88 Å². The molecule has 1 aromatic heterocycles. The lowest BCUT2D eigenvalue weighted by molar-refractivity contribution is 0.0802. The molecule has 1 rings (SSSR count). The van der Waals surface area contributed by atoms with Crippen molar-refractivity contribution < 1.29 is 4.79 Å². The third-order valence-corrected chi connectivity index (χ3v) is 2.95. The first kappa shape index (κ1) is 9.67. The standard InChI is InChI=1S/C7H9BrN2OS/c1-3-10(2)7(11)6-9-4-5(8)12-6/h4H,3H2,1-2H3. The Labute approximate surface area is 83.5 Å². The van der Waals surface area contributed by atoms with Gasteiger partial charge in [-0.1, -0.05) is 0 Å². The van der Waals surface area contributed by atoms with Gasteiger partial charge in [0, 0.05) is 13.6 Å². The van der Waals surface area contributed by atoms with Crippen molar-refractivity contribution in [2.24, 2.45) is 0 Å². The van der Waals surface area contributed by atoms with Crippen LogP contribution >= 0.6 is 27.3 Å². The average molecular weight is 249 g/mol. The summed E-state index contributed by atoms with van der Waals surface area (Å²) in [4.78, 5) is 17.0. The van der Waals surface area contributed by atoms with Crippen LogP contribution in [0.25, 0.3) is 0 Å². The zero-order valence-corrected chi connectivity index (χ0v) is 9.28. The number of aromatic nitrogens is 1. The van der Waals surface area contributed by atoms with Gasteiger partial charge in [0.2, 0.25) is 0 Å². The molecule has 0 aliphatic heterocycles. The van der Waals surface area contributed by atoms with Crippen LogP contribution in [-0.2, 0) is 0 Å². The molecule has 0 atom stereocenters. The Kier molecular flexibility index (Phi) is 3.22. The molecule has 12 heavy (non-hydrogen) atoms. The molecule has 0 bridgehead atoms. The first-order valence-corrected chi connectivity index (χ1v) is 5.13. The molecular formula is C7H9BrN2OS. The number of carbonyl (C=O) groups excluding carboxylic acids is 1. The van der Waals surface area contributed by atoms with Crippen molar-refractivity contribution in [3.05, 3.63) is 15.0 Å². The molecule has 3 nitrogen and oxygen atoms in total. The SMILES string of the molecule is CCN(C)C(=O)c1ncc(Br)s1. The minimum Gasteiger partial charge on any atom is -0.340 e. The van der Waals surface area contributed by atoms with Crippen LogP contribution < -0.4 is 0 Å². The largest absolute Gasteiger partial charge is 0.340 e. The van der Waals surface area contributed by atoms with Gasteiger partial charge in [-0.25, -0.2) is 4.98 Å². The summed E-state index contributed by atoms with van der Waals surface area (Å²) in [5.74, 6) is -0.0202. The molecule has 1 heterocycles. The molecule has 0 fully saturated rings. The Morgan fingerprint density at radius 3 is 2.92 bits per heavy atom. The van der Waals surface area contributed by atoms with E-state index in [-0.39, 0.29) is 5.91 Å². The third kappa shape index (κ3) is 2.04. The number of halogens is 1. The number of hydrogen-bond donors (Lipinski definition) is 0. The van der Waals surface area contributed by atoms with E-state index in [4.69, 9.17) is 0 Å². The fraction of sp³-hybridized carbons (Fsp3) is 0.429. The van der Waals surface area contributed by atoms with E-state index in [0.717, 1.165) is 3.79 Å². The Balaban J connectivity index is 2.78. The summed E-state index contributed by atoms with van der Waals surface area (Å²) in [7, 11) is 1.76. The number of amides is 1. The molecular weight excluding hydrogens is 240 g/mol. The van der Waals surface area contributed by atoms with Crippen molar-refractivity contribution in [2.45, 2.75) is 6.92 Å². The van der Waals surface area contributed by atoms with E-state index in [2.05, 4.69) is 20.9 Å². The van der Waals surface area contributed by atoms with Gasteiger partial charge < -0.3 is 4.90 Å². The highest BCUT2D eigenvalue weighted by molar-refractivity contribution is 9.11. The molecule has 0 N–H and O–H groups in total. The number of rotatable bonds is 2. The van der Waals surface area contributed by atoms with E-state index in [1.54, 1.807) is 18.1 Å². The van der Waals surface area contributed by atoms with E-state index >= 15 is 0 Å². The highest BCUT2D eigenvalue weighted by Gasteiger charge is 2.13. The maximum Gasteiger partial charge on any atom is 0.282 e. The van der Waals surface area contributed by atoms with Crippen molar-refractivity contribution in [3.63, 3.8) is 0 Å². The first-order chi connectivity index (χ1) is 5.65. The van der Waals surface area contributed by atoms with E-state index < -0.39 is 0 Å². The minimum atomic E-state index is -0.0202. The lowest BCUT2D eigenvalue weighted by atomic mass is 10.5. The maximum atomic E-state index is 11.4. The fourth-order valence-corrected chi connectivity index (χ4v) is 1.86. The quantitative estimate of drug-likeness (QED) is 0.803. The van der Waals surface area contributed by atoms with Crippen LogP contribution in [0.4, 0.5) is 0 Å². The lowest BCUT2D eigenvalue weighted by Crippen LogP contribution is -2.25. The van der Waals surface area contributed by atoms with Crippen LogP contribution in [0.2, 0.25) is 0 Å². The van der Waals surface area contributed by atoms with E-state index in [1.165, 1.54) is 11.3 Å². The van der Waals surface area contributed by atoms with Crippen LogP contribution in [0, 0.1) is 0 Å². The van der Waals surface area contributed by atoms with Crippen LogP contribution in [0.15, 0.2) is 9.98 Å². The Bertz CT molecular complexity index is 287. The predicted octanol–water partition coefficient (Wildman–Crippen LogP) is 2.00. The molecule has 1 aromatic rings. The molecule has 0 saturated heterocycles. The van der Waals surface area contributed by atoms with Gasteiger partial charge in [-0.05, 0) is 22.9 Å². The molecule has 0 aliphatic rings. The van der Waals surface area contributed by atoms with Gasteiger partial charge >= 0.3 is 0 Å². The Hall–Kier alpha value is -0.420. The summed E-state index contributed by atoms with van der Waals surface area (Å²) in [6.45, 7) is 2.64. The summed E-state index contributed by atoms with van der Waals surface area (Å²) in [6, 6.07) is 0. The highest BCUT2D eigenvalue weighted by atomic mass is 79.9. The van der Waals surface area contributed by atoms with Crippen LogP contribution in [0.5, 0.6) is 0 Å². The monoisotopic (exact) mass is 248 g/mol. The lowest BCUT2D eigenvalue weighted by Gasteiger charge is -2.11. The number of hydrogen-bond acceptors (Lipinski definition) is 3. The normalized spacial score (nSPS) is 9.92. The predicted molar refractivity (Wildman–Crippen MR) is 52.4 cm³/mol.